The first-order valence-corrected chi connectivity index (χ1v) is 6.41. The van der Waals surface area contributed by atoms with Crippen LogP contribution in [0.2, 0.25) is 0 Å². The van der Waals surface area contributed by atoms with Gasteiger partial charge in [0.15, 0.2) is 0 Å². The lowest BCUT2D eigenvalue weighted by molar-refractivity contribution is 0.546. The predicted octanol–water partition coefficient (Wildman–Crippen LogP) is 3.15. The van der Waals surface area contributed by atoms with E-state index in [1.165, 1.54) is 33.9 Å². The Kier molecular flexibility index (Phi) is 2.17. The van der Waals surface area contributed by atoms with Gasteiger partial charge < -0.3 is 9.88 Å². The third-order valence-electron chi connectivity index (χ3n) is 3.73. The number of nitrogens with zero attached hydrogens (tertiary/aromatic N) is 1. The van der Waals surface area contributed by atoms with Crippen LogP contribution in [0, 0.1) is 0 Å². The molecule has 16 heavy (non-hydrogen) atoms. The summed E-state index contributed by atoms with van der Waals surface area (Å²) in [6, 6.07) is 8.54. The monoisotopic (exact) mass is 278 g/mol. The van der Waals surface area contributed by atoms with Gasteiger partial charge in [-0.05, 0) is 41.9 Å². The van der Waals surface area contributed by atoms with Crippen molar-refractivity contribution in [2.45, 2.75) is 18.4 Å². The lowest BCUT2D eigenvalue weighted by Crippen LogP contribution is -2.27. The van der Waals surface area contributed by atoms with Crippen LogP contribution in [0.4, 0.5) is 0 Å². The second kappa shape index (κ2) is 3.34. The molecule has 1 N–H and O–H groups in total. The zero-order chi connectivity index (χ0) is 11.3. The summed E-state index contributed by atoms with van der Waals surface area (Å²) in [6.45, 7) is 0. The predicted molar refractivity (Wildman–Crippen MR) is 70.6 cm³/mol. The molecular formula is C13H15BrN2. The average Bonchev–Trinajstić information content (AvgIpc) is 3.05. The Morgan fingerprint density at radius 1 is 1.31 bits per heavy atom. The molecule has 3 heteroatoms. The first-order chi connectivity index (χ1) is 7.69. The van der Waals surface area contributed by atoms with Gasteiger partial charge in [-0.25, -0.2) is 0 Å². The van der Waals surface area contributed by atoms with Crippen LogP contribution in [-0.4, -0.2) is 11.6 Å². The van der Waals surface area contributed by atoms with Gasteiger partial charge in [0, 0.05) is 22.4 Å². The molecule has 0 amide bonds. The van der Waals surface area contributed by atoms with Gasteiger partial charge in [0.1, 0.15) is 0 Å². The highest BCUT2D eigenvalue weighted by Gasteiger charge is 2.46. The van der Waals surface area contributed by atoms with E-state index < -0.39 is 0 Å². The summed E-state index contributed by atoms with van der Waals surface area (Å²) in [4.78, 5) is 0. The molecule has 0 spiro atoms. The van der Waals surface area contributed by atoms with Gasteiger partial charge in [-0.1, -0.05) is 18.2 Å². The molecule has 1 heterocycles. The highest BCUT2D eigenvalue weighted by Crippen LogP contribution is 2.50. The largest absolute Gasteiger partial charge is 0.345 e. The normalized spacial score (nSPS) is 17.9. The minimum atomic E-state index is 0.201. The molecule has 3 rings (SSSR count). The molecule has 2 aromatic rings. The number of fused-ring (bicyclic) bond motifs is 1. The van der Waals surface area contributed by atoms with Gasteiger partial charge >= 0.3 is 0 Å². The van der Waals surface area contributed by atoms with Crippen LogP contribution in [-0.2, 0) is 12.6 Å². The smallest absolute Gasteiger partial charge is 0.0599 e. The molecule has 1 aromatic heterocycles. The number of halogens is 1. The summed E-state index contributed by atoms with van der Waals surface area (Å²) >= 11 is 3.76. The molecule has 0 aliphatic heterocycles. The maximum atomic E-state index is 3.76. The summed E-state index contributed by atoms with van der Waals surface area (Å²) in [6.07, 6.45) is 2.46. The Morgan fingerprint density at radius 3 is 2.56 bits per heavy atom. The van der Waals surface area contributed by atoms with Crippen LogP contribution in [0.25, 0.3) is 10.9 Å². The molecule has 1 aromatic carbocycles. The molecule has 1 aliphatic carbocycles. The SMILES string of the molecule is CNC1(c2c(Br)c3ccccc3n2C)CC1. The van der Waals surface area contributed by atoms with Gasteiger partial charge in [-0.3, -0.25) is 0 Å². The Morgan fingerprint density at radius 2 is 2.00 bits per heavy atom. The molecule has 84 valence electrons. The Labute approximate surface area is 104 Å². The van der Waals surface area contributed by atoms with E-state index in [1.807, 2.05) is 0 Å². The van der Waals surface area contributed by atoms with Crippen molar-refractivity contribution in [2.24, 2.45) is 7.05 Å². The van der Waals surface area contributed by atoms with E-state index in [0.717, 1.165) is 0 Å². The van der Waals surface area contributed by atoms with Crippen molar-refractivity contribution < 1.29 is 0 Å². The van der Waals surface area contributed by atoms with Crippen molar-refractivity contribution >= 4 is 26.8 Å². The summed E-state index contributed by atoms with van der Waals surface area (Å²) < 4.78 is 3.56. The van der Waals surface area contributed by atoms with Crippen molar-refractivity contribution in [3.63, 3.8) is 0 Å². The summed E-state index contributed by atoms with van der Waals surface area (Å²) in [7, 11) is 4.21. The van der Waals surface area contributed by atoms with Gasteiger partial charge in [-0.15, -0.1) is 0 Å². The van der Waals surface area contributed by atoms with Crippen molar-refractivity contribution in [3.8, 4) is 0 Å². The van der Waals surface area contributed by atoms with Crippen LogP contribution >= 0.6 is 15.9 Å². The molecule has 1 saturated carbocycles. The van der Waals surface area contributed by atoms with Gasteiger partial charge in [0.25, 0.3) is 0 Å². The Hall–Kier alpha value is -0.800. The van der Waals surface area contributed by atoms with E-state index in [-0.39, 0.29) is 5.54 Å². The molecule has 0 saturated heterocycles. The van der Waals surface area contributed by atoms with E-state index in [9.17, 15) is 0 Å². The molecule has 0 radical (unpaired) electrons. The van der Waals surface area contributed by atoms with E-state index in [4.69, 9.17) is 0 Å². The molecule has 1 aliphatic rings. The van der Waals surface area contributed by atoms with Gasteiger partial charge in [-0.2, -0.15) is 0 Å². The van der Waals surface area contributed by atoms with Crippen LogP contribution in [0.1, 0.15) is 18.5 Å². The number of para-hydroxylation sites is 1. The standard InChI is InChI=1S/C13H15BrN2/c1-15-13(7-8-13)12-11(14)9-5-3-4-6-10(9)16(12)2/h3-6,15H,7-8H2,1-2H3. The number of benzene rings is 1. The lowest BCUT2D eigenvalue weighted by atomic mass is 10.1. The second-order valence-corrected chi connectivity index (χ2v) is 5.36. The number of aryl methyl sites for hydroxylation is 1. The van der Waals surface area contributed by atoms with E-state index >= 15 is 0 Å². The zero-order valence-electron chi connectivity index (χ0n) is 9.55. The maximum Gasteiger partial charge on any atom is 0.0599 e. The van der Waals surface area contributed by atoms with Gasteiger partial charge in [0.2, 0.25) is 0 Å². The first-order valence-electron chi connectivity index (χ1n) is 5.62. The highest BCUT2D eigenvalue weighted by molar-refractivity contribution is 9.10. The second-order valence-electron chi connectivity index (χ2n) is 4.57. The minimum Gasteiger partial charge on any atom is -0.345 e. The fraction of sp³-hybridized carbons (Fsp3) is 0.385. The topological polar surface area (TPSA) is 17.0 Å². The van der Waals surface area contributed by atoms with Crippen molar-refractivity contribution in [1.82, 2.24) is 9.88 Å². The third kappa shape index (κ3) is 1.22. The van der Waals surface area contributed by atoms with E-state index in [2.05, 4.69) is 64.2 Å². The van der Waals surface area contributed by atoms with Crippen molar-refractivity contribution in [2.75, 3.05) is 7.05 Å². The molecular weight excluding hydrogens is 264 g/mol. The summed E-state index contributed by atoms with van der Waals surface area (Å²) in [5.74, 6) is 0. The number of rotatable bonds is 2. The number of hydrogen-bond acceptors (Lipinski definition) is 1. The lowest BCUT2D eigenvalue weighted by Gasteiger charge is -2.16. The van der Waals surface area contributed by atoms with Gasteiger partial charge in [0.05, 0.1) is 11.2 Å². The van der Waals surface area contributed by atoms with E-state index in [0.29, 0.717) is 0 Å². The first kappa shape index (κ1) is 10.4. The number of hydrogen-bond donors (Lipinski definition) is 1. The fourth-order valence-corrected chi connectivity index (χ4v) is 3.59. The average molecular weight is 279 g/mol. The summed E-state index contributed by atoms with van der Waals surface area (Å²) in [5.41, 5.74) is 2.88. The van der Waals surface area contributed by atoms with Crippen LogP contribution in [0.15, 0.2) is 28.7 Å². The Bertz CT molecular complexity index is 513. The molecule has 0 bridgehead atoms. The van der Waals surface area contributed by atoms with E-state index in [1.54, 1.807) is 0 Å². The minimum absolute atomic E-state index is 0.201. The Balaban J connectivity index is 2.33. The van der Waals surface area contributed by atoms with Crippen LogP contribution in [0.5, 0.6) is 0 Å². The van der Waals surface area contributed by atoms with Crippen molar-refractivity contribution in [1.29, 1.82) is 0 Å². The molecule has 2 nitrogen and oxygen atoms in total. The quantitative estimate of drug-likeness (QED) is 0.893. The third-order valence-corrected chi connectivity index (χ3v) is 4.53. The highest BCUT2D eigenvalue weighted by atomic mass is 79.9. The molecule has 1 fully saturated rings. The number of nitrogens with one attached hydrogen (secondary N) is 1. The van der Waals surface area contributed by atoms with Crippen molar-refractivity contribution in [3.05, 3.63) is 34.4 Å². The summed E-state index contributed by atoms with van der Waals surface area (Å²) in [5, 5.41) is 4.77. The zero-order valence-corrected chi connectivity index (χ0v) is 11.1. The fourth-order valence-electron chi connectivity index (χ4n) is 2.61. The molecule has 0 atom stereocenters. The van der Waals surface area contributed by atoms with Crippen LogP contribution in [0.3, 0.4) is 0 Å². The maximum absolute atomic E-state index is 3.76. The van der Waals surface area contributed by atoms with Crippen LogP contribution < -0.4 is 5.32 Å². The molecule has 0 unspecified atom stereocenters. The number of aromatic nitrogens is 1.